The molecule has 1 saturated carbocycles. The Morgan fingerprint density at radius 2 is 1.96 bits per heavy atom. The first kappa shape index (κ1) is 17.6. The van der Waals surface area contributed by atoms with Gasteiger partial charge in [0.15, 0.2) is 0 Å². The minimum atomic E-state index is -1.18. The van der Waals surface area contributed by atoms with E-state index in [1.165, 1.54) is 0 Å². The molecule has 2 fully saturated rings. The van der Waals surface area contributed by atoms with Crippen molar-refractivity contribution in [2.24, 2.45) is 5.92 Å². The minimum Gasteiger partial charge on any atom is -0.380 e. The Hall–Kier alpha value is -2.47. The molecule has 5 rings (SSSR count). The average Bonchev–Trinajstić information content (AvgIpc) is 3.16. The Morgan fingerprint density at radius 1 is 1.14 bits per heavy atom. The van der Waals surface area contributed by atoms with E-state index in [2.05, 4.69) is 11.1 Å². The highest BCUT2D eigenvalue weighted by Crippen LogP contribution is 2.39. The monoisotopic (exact) mass is 379 g/mol. The van der Waals surface area contributed by atoms with E-state index in [4.69, 9.17) is 0 Å². The summed E-state index contributed by atoms with van der Waals surface area (Å²) in [6.07, 6.45) is 7.43. The van der Waals surface area contributed by atoms with Crippen LogP contribution >= 0.6 is 0 Å². The number of nitrogens with zero attached hydrogens (tertiary/aromatic N) is 3. The molecule has 3 aliphatic rings. The largest absolute Gasteiger partial charge is 0.380 e. The highest BCUT2D eigenvalue weighted by atomic mass is 16.3. The number of piperidine rings is 1. The van der Waals surface area contributed by atoms with E-state index >= 15 is 0 Å². The molecule has 1 amide bonds. The third-order valence-electron chi connectivity index (χ3n) is 6.67. The lowest BCUT2D eigenvalue weighted by atomic mass is 9.81. The standard InChI is InChI=1S/C22H25N3O3/c26-20-10-17(16-4-3-7-23-11-16)9-19-18-8-15(13-25(19)20)12-24(14-18)21(27)22(28)5-1-2-6-22/h3-4,7,9-11,15,18,28H,1-2,5-6,8,12-14H2/t15-,18+/m0/s1. The van der Waals surface area contributed by atoms with Crippen LogP contribution in [0.3, 0.4) is 0 Å². The van der Waals surface area contributed by atoms with Gasteiger partial charge in [-0.3, -0.25) is 14.6 Å². The number of rotatable bonds is 2. The molecule has 0 spiro atoms. The Labute approximate surface area is 163 Å². The van der Waals surface area contributed by atoms with Gasteiger partial charge in [0.05, 0.1) is 0 Å². The maximum atomic E-state index is 13.0. The number of carbonyl (C=O) groups is 1. The number of hydrogen-bond acceptors (Lipinski definition) is 4. The normalized spacial score (nSPS) is 25.4. The first-order valence-electron chi connectivity index (χ1n) is 10.2. The summed E-state index contributed by atoms with van der Waals surface area (Å²) in [7, 11) is 0. The lowest BCUT2D eigenvalue weighted by Gasteiger charge is -2.44. The second-order valence-corrected chi connectivity index (χ2v) is 8.61. The molecular formula is C22H25N3O3. The summed E-state index contributed by atoms with van der Waals surface area (Å²) in [6, 6.07) is 7.59. The number of carbonyl (C=O) groups excluding carboxylic acids is 1. The number of aliphatic hydroxyl groups is 1. The number of amides is 1. The lowest BCUT2D eigenvalue weighted by molar-refractivity contribution is -0.153. The third kappa shape index (κ3) is 2.87. The van der Waals surface area contributed by atoms with Crippen molar-refractivity contribution in [1.29, 1.82) is 0 Å². The zero-order chi connectivity index (χ0) is 19.3. The maximum Gasteiger partial charge on any atom is 0.254 e. The van der Waals surface area contributed by atoms with Gasteiger partial charge in [-0.2, -0.15) is 0 Å². The van der Waals surface area contributed by atoms with Gasteiger partial charge in [-0.25, -0.2) is 0 Å². The zero-order valence-corrected chi connectivity index (χ0v) is 15.9. The van der Waals surface area contributed by atoms with E-state index < -0.39 is 5.60 Å². The van der Waals surface area contributed by atoms with Crippen LogP contribution in [-0.2, 0) is 11.3 Å². The smallest absolute Gasteiger partial charge is 0.254 e. The van der Waals surface area contributed by atoms with Crippen molar-refractivity contribution in [3.05, 3.63) is 52.7 Å². The Morgan fingerprint density at radius 3 is 2.71 bits per heavy atom. The van der Waals surface area contributed by atoms with Crippen LogP contribution in [0, 0.1) is 5.92 Å². The Balaban J connectivity index is 1.48. The molecule has 2 aliphatic heterocycles. The van der Waals surface area contributed by atoms with E-state index in [1.807, 2.05) is 21.6 Å². The highest BCUT2D eigenvalue weighted by molar-refractivity contribution is 5.85. The summed E-state index contributed by atoms with van der Waals surface area (Å²) in [5.74, 6) is 0.284. The van der Waals surface area contributed by atoms with Crippen LogP contribution in [-0.4, -0.2) is 44.2 Å². The summed E-state index contributed by atoms with van der Waals surface area (Å²) >= 11 is 0. The molecule has 2 bridgehead atoms. The van der Waals surface area contributed by atoms with Crippen LogP contribution in [0.5, 0.6) is 0 Å². The number of hydrogen-bond donors (Lipinski definition) is 1. The summed E-state index contributed by atoms with van der Waals surface area (Å²) in [6.45, 7) is 1.85. The number of aromatic nitrogens is 2. The molecule has 2 aromatic rings. The molecule has 4 heterocycles. The molecule has 1 N–H and O–H groups in total. The van der Waals surface area contributed by atoms with Crippen molar-refractivity contribution < 1.29 is 9.90 Å². The molecule has 1 aliphatic carbocycles. The van der Waals surface area contributed by atoms with Gasteiger partial charge in [-0.1, -0.05) is 6.07 Å². The van der Waals surface area contributed by atoms with Gasteiger partial charge in [0, 0.05) is 55.3 Å². The number of likely N-dealkylation sites (tertiary alicyclic amines) is 1. The predicted octanol–water partition coefficient (Wildman–Crippen LogP) is 2.16. The molecule has 0 unspecified atom stereocenters. The Kier molecular flexibility index (Phi) is 4.12. The SMILES string of the molecule is O=C(N1C[C@@H]2C[C@H](C1)c1cc(-c3cccnc3)cc(=O)n1C2)C1(O)CCCC1. The summed E-state index contributed by atoms with van der Waals surface area (Å²) in [5, 5.41) is 10.8. The third-order valence-corrected chi connectivity index (χ3v) is 6.67. The summed E-state index contributed by atoms with van der Waals surface area (Å²) in [4.78, 5) is 31.8. The predicted molar refractivity (Wildman–Crippen MR) is 105 cm³/mol. The van der Waals surface area contributed by atoms with Crippen molar-refractivity contribution in [3.8, 4) is 11.1 Å². The average molecular weight is 379 g/mol. The van der Waals surface area contributed by atoms with Crippen molar-refractivity contribution in [1.82, 2.24) is 14.5 Å². The van der Waals surface area contributed by atoms with Gasteiger partial charge < -0.3 is 14.6 Å². The van der Waals surface area contributed by atoms with Crippen LogP contribution in [0.15, 0.2) is 41.5 Å². The van der Waals surface area contributed by atoms with E-state index in [9.17, 15) is 14.7 Å². The van der Waals surface area contributed by atoms with E-state index in [0.717, 1.165) is 36.1 Å². The van der Waals surface area contributed by atoms with Gasteiger partial charge in [0.2, 0.25) is 0 Å². The zero-order valence-electron chi connectivity index (χ0n) is 15.9. The van der Waals surface area contributed by atoms with Crippen LogP contribution < -0.4 is 5.56 Å². The van der Waals surface area contributed by atoms with Crippen LogP contribution in [0.25, 0.3) is 11.1 Å². The molecular weight excluding hydrogens is 354 g/mol. The van der Waals surface area contributed by atoms with Gasteiger partial charge in [-0.05, 0) is 55.7 Å². The highest BCUT2D eigenvalue weighted by Gasteiger charge is 2.45. The number of pyridine rings is 2. The minimum absolute atomic E-state index is 0.0141. The Bertz CT molecular complexity index is 963. The second kappa shape index (κ2) is 6.55. The molecule has 2 aromatic heterocycles. The second-order valence-electron chi connectivity index (χ2n) is 8.61. The topological polar surface area (TPSA) is 75.4 Å². The molecule has 6 heteroatoms. The van der Waals surface area contributed by atoms with E-state index in [-0.39, 0.29) is 23.3 Å². The van der Waals surface area contributed by atoms with E-state index in [1.54, 1.807) is 18.5 Å². The van der Waals surface area contributed by atoms with Crippen molar-refractivity contribution in [2.75, 3.05) is 13.1 Å². The van der Waals surface area contributed by atoms with Gasteiger partial charge >= 0.3 is 0 Å². The van der Waals surface area contributed by atoms with Crippen molar-refractivity contribution in [3.63, 3.8) is 0 Å². The fourth-order valence-electron chi connectivity index (χ4n) is 5.29. The molecule has 0 aromatic carbocycles. The molecule has 2 atom stereocenters. The summed E-state index contributed by atoms with van der Waals surface area (Å²) in [5.41, 5.74) is 1.64. The molecule has 1 saturated heterocycles. The fourth-order valence-corrected chi connectivity index (χ4v) is 5.29. The quantitative estimate of drug-likeness (QED) is 0.868. The summed E-state index contributed by atoms with van der Waals surface area (Å²) < 4.78 is 1.88. The lowest BCUT2D eigenvalue weighted by Crippen LogP contribution is -2.55. The van der Waals surface area contributed by atoms with Gasteiger partial charge in [0.25, 0.3) is 11.5 Å². The van der Waals surface area contributed by atoms with Crippen LogP contribution in [0.4, 0.5) is 0 Å². The molecule has 0 radical (unpaired) electrons. The first-order valence-corrected chi connectivity index (χ1v) is 10.2. The molecule has 6 nitrogen and oxygen atoms in total. The molecule has 146 valence electrons. The van der Waals surface area contributed by atoms with Crippen LogP contribution in [0.2, 0.25) is 0 Å². The van der Waals surface area contributed by atoms with Gasteiger partial charge in [-0.15, -0.1) is 0 Å². The van der Waals surface area contributed by atoms with Gasteiger partial charge in [0.1, 0.15) is 5.60 Å². The van der Waals surface area contributed by atoms with Crippen molar-refractivity contribution >= 4 is 5.91 Å². The fraction of sp³-hybridized carbons (Fsp3) is 0.500. The van der Waals surface area contributed by atoms with E-state index in [0.29, 0.717) is 32.5 Å². The first-order chi connectivity index (χ1) is 13.5. The van der Waals surface area contributed by atoms with Crippen LogP contribution in [0.1, 0.15) is 43.7 Å². The van der Waals surface area contributed by atoms with Crippen molar-refractivity contribution in [2.45, 2.75) is 50.2 Å². The number of fused-ring (bicyclic) bond motifs is 4. The maximum absolute atomic E-state index is 13.0. The molecule has 28 heavy (non-hydrogen) atoms.